The van der Waals surface area contributed by atoms with E-state index in [1.165, 1.54) is 11.8 Å². The third kappa shape index (κ3) is 17.9. The molecule has 0 fully saturated rings. The second-order valence-corrected chi connectivity index (χ2v) is 18.6. The van der Waals surface area contributed by atoms with Gasteiger partial charge in [0.15, 0.2) is 6.04 Å². The first-order valence-corrected chi connectivity index (χ1v) is 23.2. The number of carbonyl (C=O) groups excluding carboxylic acids is 7. The number of nitrogens with zero attached hydrogens (tertiary/aromatic N) is 3. The molecule has 6 amide bonds. The summed E-state index contributed by atoms with van der Waals surface area (Å²) in [6.45, 7) is 7.07. The number of benzene rings is 2. The predicted molar refractivity (Wildman–Crippen MR) is 248 cm³/mol. The molecule has 20 nitrogen and oxygen atoms in total. The summed E-state index contributed by atoms with van der Waals surface area (Å²) in [5.74, 6) is -14.5. The Bertz CT molecular complexity index is 2450. The molecule has 0 saturated heterocycles. The Morgan fingerprint density at radius 1 is 0.889 bits per heavy atom. The van der Waals surface area contributed by atoms with Gasteiger partial charge >= 0.3 is 24.1 Å². The van der Waals surface area contributed by atoms with Crippen molar-refractivity contribution in [1.29, 1.82) is 0 Å². The highest BCUT2D eigenvalue weighted by molar-refractivity contribution is 7.99. The number of rotatable bonds is 25. The highest BCUT2D eigenvalue weighted by Gasteiger charge is 2.47. The lowest BCUT2D eigenvalue weighted by Crippen LogP contribution is -2.58. The van der Waals surface area contributed by atoms with Crippen LogP contribution in [-0.2, 0) is 54.5 Å². The first-order chi connectivity index (χ1) is 33.5. The van der Waals surface area contributed by atoms with Crippen LogP contribution in [0.3, 0.4) is 0 Å². The largest absolute Gasteiger partial charge is 0.493 e. The molecule has 0 aliphatic rings. The number of nitrogens with one attached hydrogen (secondary N) is 3. The molecule has 3 aromatic rings. The van der Waals surface area contributed by atoms with Crippen LogP contribution in [-0.4, -0.2) is 133 Å². The summed E-state index contributed by atoms with van der Waals surface area (Å²) >= 11 is 0.957. The molecule has 3 rings (SSSR count). The Morgan fingerprint density at radius 3 is 2.11 bits per heavy atom. The van der Waals surface area contributed by atoms with E-state index in [4.69, 9.17) is 16.6 Å². The van der Waals surface area contributed by atoms with Gasteiger partial charge in [0, 0.05) is 54.8 Å². The molecule has 0 aliphatic carbocycles. The van der Waals surface area contributed by atoms with Gasteiger partial charge in [-0.15, -0.1) is 0 Å². The molecule has 72 heavy (non-hydrogen) atoms. The number of carboxylic acids is 2. The van der Waals surface area contributed by atoms with Gasteiger partial charge in [0.1, 0.15) is 23.7 Å². The predicted octanol–water partition coefficient (Wildman–Crippen LogP) is 3.02. The van der Waals surface area contributed by atoms with Crippen LogP contribution in [0, 0.1) is 17.0 Å². The van der Waals surface area contributed by atoms with Crippen LogP contribution in [0.4, 0.5) is 22.0 Å². The topological polar surface area (TPSA) is 303 Å². The van der Waals surface area contributed by atoms with Crippen LogP contribution in [0.1, 0.15) is 77.6 Å². The lowest BCUT2D eigenvalue weighted by atomic mass is 9.83. The van der Waals surface area contributed by atoms with E-state index < -0.39 is 126 Å². The number of carboxylic acid groups (broad SMARTS) is 2. The summed E-state index contributed by atoms with van der Waals surface area (Å²) in [7, 11) is 0. The SMILES string of the molecule is C[C@@H](N)C(=O)N[C@H](C)C(=O)N(OC(=O)C(F)(F)F)[C@@H](CC(N)=O)C(=O)NCCCN(C(=O)CSCCC(=O)N[C@H](CC(=O)O)C(=O)O)[C@@H](c1cc(-c2cc(F)ccc2F)cn1Cc1ccccc1)C(C)(C)C. The molecule has 0 bridgehead atoms. The number of halogens is 5. The molecule has 0 aliphatic heterocycles. The summed E-state index contributed by atoms with van der Waals surface area (Å²) in [6, 6.07) is 5.52. The lowest BCUT2D eigenvalue weighted by molar-refractivity contribution is -0.243. The maximum Gasteiger partial charge on any atom is 0.493 e. The molecule has 0 saturated carbocycles. The van der Waals surface area contributed by atoms with Gasteiger partial charge in [0.25, 0.3) is 5.91 Å². The van der Waals surface area contributed by atoms with Crippen LogP contribution >= 0.6 is 11.8 Å². The molecular weight excluding hydrogens is 984 g/mol. The van der Waals surface area contributed by atoms with Crippen LogP contribution in [0.5, 0.6) is 0 Å². The van der Waals surface area contributed by atoms with Gasteiger partial charge in [-0.1, -0.05) is 51.1 Å². The quantitative estimate of drug-likeness (QED) is 0.0365. The van der Waals surface area contributed by atoms with Crippen LogP contribution in [0.25, 0.3) is 11.1 Å². The number of primary amides is 1. The van der Waals surface area contributed by atoms with E-state index in [2.05, 4.69) is 20.8 Å². The van der Waals surface area contributed by atoms with E-state index in [9.17, 15) is 65.8 Å². The zero-order valence-electron chi connectivity index (χ0n) is 39.8. The second kappa shape index (κ2) is 26.4. The number of nitrogens with two attached hydrogens (primary N) is 2. The molecular formula is C46H57F5N8O12S. The Labute approximate surface area is 414 Å². The number of aromatic nitrogens is 1. The van der Waals surface area contributed by atoms with Crippen molar-refractivity contribution in [3.8, 4) is 11.1 Å². The number of hydrogen-bond donors (Lipinski definition) is 7. The number of carbonyl (C=O) groups is 9. The standard InChI is InChI=1S/C46H57F5N8O12S/c1-25(52)40(65)55-26(2)42(67)59(71-44(70)46(49,50)51)34(21-35(53)60)41(66)54-15-9-16-58(37(62)24-72-17-14-36(61)56-32(43(68)69)20-38(63)64)39(45(3,4)5)33-18-28(30-19-29(47)12-13-31(30)48)23-57(33)22-27-10-7-6-8-11-27/h6-8,10-13,18-19,23,25-26,32,34,39H,9,14-17,20-22,24,52H2,1-5H3,(H2,53,60)(H,54,66)(H,55,65)(H,56,61)(H,63,64)(H,68,69)/t25-,26-,32-,34+,39+/m1/s1. The highest BCUT2D eigenvalue weighted by Crippen LogP contribution is 2.41. The van der Waals surface area contributed by atoms with E-state index in [-0.39, 0.29) is 53.6 Å². The minimum Gasteiger partial charge on any atom is -0.481 e. The van der Waals surface area contributed by atoms with Crippen molar-refractivity contribution in [2.45, 2.75) is 103 Å². The maximum atomic E-state index is 15.4. The molecule has 26 heteroatoms. The Hall–Kier alpha value is -7.09. The van der Waals surface area contributed by atoms with Gasteiger partial charge < -0.3 is 51.9 Å². The molecule has 0 spiro atoms. The van der Waals surface area contributed by atoms with Crippen molar-refractivity contribution < 1.29 is 80.2 Å². The first kappa shape index (κ1) is 59.2. The third-order valence-electron chi connectivity index (χ3n) is 10.4. The molecule has 5 atom stereocenters. The first-order valence-electron chi connectivity index (χ1n) is 22.1. The highest BCUT2D eigenvalue weighted by atomic mass is 32.2. The molecule has 1 heterocycles. The van der Waals surface area contributed by atoms with Gasteiger partial charge in [-0.25, -0.2) is 18.4 Å². The van der Waals surface area contributed by atoms with E-state index in [1.54, 1.807) is 55.8 Å². The number of thioether (sulfide) groups is 1. The van der Waals surface area contributed by atoms with Gasteiger partial charge in [-0.05, 0) is 55.5 Å². The van der Waals surface area contributed by atoms with Crippen LogP contribution in [0.15, 0.2) is 60.8 Å². The maximum absolute atomic E-state index is 15.4. The Kier molecular flexibility index (Phi) is 21.7. The fraction of sp³-hybridized carbons (Fsp3) is 0.457. The van der Waals surface area contributed by atoms with Crippen LogP contribution in [0.2, 0.25) is 0 Å². The average Bonchev–Trinajstić information content (AvgIpc) is 3.68. The Balaban J connectivity index is 2.06. The zero-order valence-corrected chi connectivity index (χ0v) is 40.6. The lowest BCUT2D eigenvalue weighted by Gasteiger charge is -2.41. The van der Waals surface area contributed by atoms with E-state index in [0.717, 1.165) is 42.4 Å². The summed E-state index contributed by atoms with van der Waals surface area (Å²) < 4.78 is 72.1. The summed E-state index contributed by atoms with van der Waals surface area (Å²) in [4.78, 5) is 119. The van der Waals surface area contributed by atoms with Gasteiger partial charge in [0.05, 0.1) is 30.7 Å². The summed E-state index contributed by atoms with van der Waals surface area (Å²) in [5.41, 5.74) is 11.3. The number of hydroxylamine groups is 2. The van der Waals surface area contributed by atoms with E-state index in [1.807, 2.05) is 12.1 Å². The van der Waals surface area contributed by atoms with Crippen molar-refractivity contribution in [3.63, 3.8) is 0 Å². The van der Waals surface area contributed by atoms with E-state index >= 15 is 4.39 Å². The minimum atomic E-state index is -5.71. The van der Waals surface area contributed by atoms with Crippen LogP contribution < -0.4 is 27.4 Å². The number of alkyl halides is 3. The number of hydrogen-bond acceptors (Lipinski definition) is 12. The number of aliphatic carboxylic acids is 2. The fourth-order valence-corrected chi connectivity index (χ4v) is 7.92. The zero-order chi connectivity index (χ0) is 54.2. The molecule has 0 unspecified atom stereocenters. The molecule has 1 aromatic heterocycles. The average molecular weight is 1040 g/mol. The molecule has 0 radical (unpaired) electrons. The van der Waals surface area contributed by atoms with E-state index in [0.29, 0.717) is 5.69 Å². The summed E-state index contributed by atoms with van der Waals surface area (Å²) in [6.07, 6.45) is -6.71. The van der Waals surface area contributed by atoms with Crippen molar-refractivity contribution in [2.75, 3.05) is 24.6 Å². The molecule has 2 aromatic carbocycles. The van der Waals surface area contributed by atoms with Crippen molar-refractivity contribution in [3.05, 3.63) is 83.7 Å². The molecule has 9 N–H and O–H groups in total. The van der Waals surface area contributed by atoms with Gasteiger partial charge in [0.2, 0.25) is 29.5 Å². The Morgan fingerprint density at radius 2 is 1.54 bits per heavy atom. The van der Waals surface area contributed by atoms with Gasteiger partial charge in [-0.3, -0.25) is 33.6 Å². The van der Waals surface area contributed by atoms with Crippen molar-refractivity contribution >= 4 is 65.1 Å². The smallest absolute Gasteiger partial charge is 0.481 e. The monoisotopic (exact) mass is 1040 g/mol. The third-order valence-corrected chi connectivity index (χ3v) is 11.4. The fourth-order valence-electron chi connectivity index (χ4n) is 7.11. The number of amides is 6. The normalized spacial score (nSPS) is 13.6. The van der Waals surface area contributed by atoms with Crippen molar-refractivity contribution in [2.24, 2.45) is 16.9 Å². The van der Waals surface area contributed by atoms with Crippen molar-refractivity contribution in [1.82, 2.24) is 30.5 Å². The summed E-state index contributed by atoms with van der Waals surface area (Å²) in [5, 5.41) is 24.6. The van der Waals surface area contributed by atoms with Gasteiger partial charge in [-0.2, -0.15) is 30.0 Å². The minimum absolute atomic E-state index is 0.0582. The molecule has 394 valence electrons. The second-order valence-electron chi connectivity index (χ2n) is 17.5.